The van der Waals surface area contributed by atoms with Gasteiger partial charge >= 0.3 is 0 Å². The fourth-order valence-electron chi connectivity index (χ4n) is 2.65. The summed E-state index contributed by atoms with van der Waals surface area (Å²) in [5.41, 5.74) is 2.66. The molecule has 0 atom stereocenters. The highest BCUT2D eigenvalue weighted by molar-refractivity contribution is 6.04. The van der Waals surface area contributed by atoms with Crippen molar-refractivity contribution in [1.29, 1.82) is 0 Å². The maximum Gasteiger partial charge on any atom is 0.292 e. The van der Waals surface area contributed by atoms with Crippen LogP contribution < -0.4 is 25.2 Å². The Morgan fingerprint density at radius 2 is 1.68 bits per heavy atom. The lowest BCUT2D eigenvalue weighted by atomic mass is 10.1. The molecule has 1 aromatic heterocycles. The molecule has 0 radical (unpaired) electrons. The number of aromatic nitrogens is 2. The van der Waals surface area contributed by atoms with Crippen LogP contribution in [0.15, 0.2) is 46.3 Å². The minimum Gasteiger partial charge on any atom is -0.496 e. The quantitative estimate of drug-likeness (QED) is 0.495. The Bertz CT molecular complexity index is 1110. The van der Waals surface area contributed by atoms with E-state index in [1.165, 1.54) is 27.5 Å². The minimum absolute atomic E-state index is 0.0617. The van der Waals surface area contributed by atoms with Gasteiger partial charge in [0.05, 0.1) is 32.9 Å². The lowest BCUT2D eigenvalue weighted by molar-refractivity contribution is 0.0951. The van der Waals surface area contributed by atoms with Crippen LogP contribution in [0.1, 0.15) is 16.1 Å². The van der Waals surface area contributed by atoms with E-state index >= 15 is 0 Å². The van der Waals surface area contributed by atoms with Gasteiger partial charge in [-0.25, -0.2) is 10.5 Å². The molecular weight excluding hydrogens is 364 g/mol. The zero-order valence-corrected chi connectivity index (χ0v) is 15.5. The van der Waals surface area contributed by atoms with Crippen LogP contribution in [-0.4, -0.2) is 43.6 Å². The zero-order valence-electron chi connectivity index (χ0n) is 15.5. The van der Waals surface area contributed by atoms with E-state index in [2.05, 4.69) is 20.7 Å². The van der Waals surface area contributed by atoms with Crippen LogP contribution in [0.5, 0.6) is 17.2 Å². The number of carbonyl (C=O) groups is 1. The van der Waals surface area contributed by atoms with E-state index in [1.807, 2.05) is 0 Å². The molecular formula is C19H18N4O5. The van der Waals surface area contributed by atoms with Crippen molar-refractivity contribution >= 4 is 22.9 Å². The van der Waals surface area contributed by atoms with Gasteiger partial charge < -0.3 is 14.2 Å². The van der Waals surface area contributed by atoms with Gasteiger partial charge in [0.15, 0.2) is 17.2 Å². The summed E-state index contributed by atoms with van der Waals surface area (Å²) in [5, 5.41) is 10.9. The van der Waals surface area contributed by atoms with E-state index in [0.717, 1.165) is 0 Å². The summed E-state index contributed by atoms with van der Waals surface area (Å²) >= 11 is 0. The molecule has 3 aromatic rings. The van der Waals surface area contributed by atoms with Crippen molar-refractivity contribution < 1.29 is 19.0 Å². The molecule has 1 amide bonds. The molecule has 3 rings (SSSR count). The van der Waals surface area contributed by atoms with Gasteiger partial charge in [-0.1, -0.05) is 18.2 Å². The summed E-state index contributed by atoms with van der Waals surface area (Å²) in [7, 11) is 4.54. The number of hydrazone groups is 1. The number of rotatable bonds is 6. The Morgan fingerprint density at radius 3 is 2.36 bits per heavy atom. The minimum atomic E-state index is -0.567. The van der Waals surface area contributed by atoms with Crippen molar-refractivity contribution in [3.8, 4) is 17.2 Å². The molecule has 2 N–H and O–H groups in total. The number of benzene rings is 2. The summed E-state index contributed by atoms with van der Waals surface area (Å²) < 4.78 is 15.8. The molecule has 0 aliphatic carbocycles. The van der Waals surface area contributed by atoms with Crippen LogP contribution in [0.2, 0.25) is 0 Å². The number of amides is 1. The van der Waals surface area contributed by atoms with Crippen molar-refractivity contribution in [1.82, 2.24) is 15.6 Å². The van der Waals surface area contributed by atoms with Crippen LogP contribution in [0.25, 0.3) is 10.8 Å². The topological polar surface area (TPSA) is 115 Å². The molecule has 0 aliphatic rings. The third-order valence-corrected chi connectivity index (χ3v) is 4.02. The van der Waals surface area contributed by atoms with Gasteiger partial charge in [-0.3, -0.25) is 9.59 Å². The molecule has 1 heterocycles. The molecule has 0 saturated carbocycles. The summed E-state index contributed by atoms with van der Waals surface area (Å²) in [4.78, 5) is 24.3. The number of nitrogens with one attached hydrogen (secondary N) is 2. The zero-order chi connectivity index (χ0) is 20.1. The van der Waals surface area contributed by atoms with Crippen molar-refractivity contribution in [2.75, 3.05) is 21.3 Å². The molecule has 9 heteroatoms. The standard InChI is InChI=1S/C19H18N4O5/c1-26-14-9-16(28-3)15(27-2)8-11(14)10-20-22-19(25)17-12-6-4-5-7-13(12)18(24)23-21-17/h4-10H,1-3H3,(H,22,25)(H,23,24)/b20-10+. The Kier molecular flexibility index (Phi) is 5.54. The van der Waals surface area contributed by atoms with Crippen LogP contribution in [0.4, 0.5) is 0 Å². The largest absolute Gasteiger partial charge is 0.496 e. The molecule has 0 aliphatic heterocycles. The second-order valence-electron chi connectivity index (χ2n) is 5.60. The Labute approximate surface area is 159 Å². The van der Waals surface area contributed by atoms with Gasteiger partial charge in [0, 0.05) is 17.0 Å². The van der Waals surface area contributed by atoms with E-state index in [9.17, 15) is 9.59 Å². The van der Waals surface area contributed by atoms with Crippen molar-refractivity contribution in [2.45, 2.75) is 0 Å². The molecule has 0 bridgehead atoms. The predicted molar refractivity (Wildman–Crippen MR) is 104 cm³/mol. The monoisotopic (exact) mass is 382 g/mol. The van der Waals surface area contributed by atoms with Crippen LogP contribution in [0, 0.1) is 0 Å². The number of hydrogen-bond donors (Lipinski definition) is 2. The highest BCUT2D eigenvalue weighted by Crippen LogP contribution is 2.33. The van der Waals surface area contributed by atoms with Crippen LogP contribution >= 0.6 is 0 Å². The number of fused-ring (bicyclic) bond motifs is 1. The smallest absolute Gasteiger partial charge is 0.292 e. The molecule has 144 valence electrons. The third-order valence-electron chi connectivity index (χ3n) is 4.02. The van der Waals surface area contributed by atoms with Gasteiger partial charge in [-0.15, -0.1) is 0 Å². The number of ether oxygens (including phenoxy) is 3. The molecule has 28 heavy (non-hydrogen) atoms. The first-order valence-corrected chi connectivity index (χ1v) is 8.20. The van der Waals surface area contributed by atoms with Crippen molar-refractivity contribution in [3.05, 3.63) is 58.0 Å². The first-order chi connectivity index (χ1) is 13.6. The van der Waals surface area contributed by atoms with Crippen molar-refractivity contribution in [3.63, 3.8) is 0 Å². The number of H-pyrrole nitrogens is 1. The summed E-state index contributed by atoms with van der Waals surface area (Å²) in [6.07, 6.45) is 1.41. The van der Waals surface area contributed by atoms with Gasteiger partial charge in [0.1, 0.15) is 5.75 Å². The summed E-state index contributed by atoms with van der Waals surface area (Å²) in [5.74, 6) is 0.917. The molecule has 9 nitrogen and oxygen atoms in total. The molecule has 0 saturated heterocycles. The van der Waals surface area contributed by atoms with Gasteiger partial charge in [-0.2, -0.15) is 10.2 Å². The van der Waals surface area contributed by atoms with Crippen LogP contribution in [0.3, 0.4) is 0 Å². The second kappa shape index (κ2) is 8.21. The van der Waals surface area contributed by atoms with E-state index < -0.39 is 5.91 Å². The number of carbonyl (C=O) groups excluding carboxylic acids is 1. The fraction of sp³-hybridized carbons (Fsp3) is 0.158. The summed E-state index contributed by atoms with van der Waals surface area (Å²) in [6.45, 7) is 0. The highest BCUT2D eigenvalue weighted by Gasteiger charge is 2.14. The highest BCUT2D eigenvalue weighted by atomic mass is 16.5. The van der Waals surface area contributed by atoms with Gasteiger partial charge in [0.2, 0.25) is 0 Å². The van der Waals surface area contributed by atoms with E-state index in [1.54, 1.807) is 36.4 Å². The Hall–Kier alpha value is -3.88. The van der Waals surface area contributed by atoms with Gasteiger partial charge in [-0.05, 0) is 12.1 Å². The number of nitrogens with zero attached hydrogens (tertiary/aromatic N) is 2. The lowest BCUT2D eigenvalue weighted by Crippen LogP contribution is -2.22. The van der Waals surface area contributed by atoms with E-state index in [0.29, 0.717) is 33.6 Å². The Morgan fingerprint density at radius 1 is 1.04 bits per heavy atom. The maximum absolute atomic E-state index is 12.5. The molecule has 0 fully saturated rings. The van der Waals surface area contributed by atoms with Gasteiger partial charge in [0.25, 0.3) is 11.5 Å². The first-order valence-electron chi connectivity index (χ1n) is 8.20. The average Bonchev–Trinajstić information content (AvgIpc) is 2.73. The van der Waals surface area contributed by atoms with E-state index in [-0.39, 0.29) is 11.3 Å². The number of methoxy groups -OCH3 is 3. The first kappa shape index (κ1) is 18.9. The molecule has 0 spiro atoms. The second-order valence-corrected chi connectivity index (χ2v) is 5.60. The fourth-order valence-corrected chi connectivity index (χ4v) is 2.65. The lowest BCUT2D eigenvalue weighted by Gasteiger charge is -2.11. The normalized spacial score (nSPS) is 10.8. The van der Waals surface area contributed by atoms with Crippen LogP contribution in [-0.2, 0) is 0 Å². The van der Waals surface area contributed by atoms with Crippen molar-refractivity contribution in [2.24, 2.45) is 5.10 Å². The molecule has 0 unspecified atom stereocenters. The maximum atomic E-state index is 12.5. The van der Waals surface area contributed by atoms with E-state index in [4.69, 9.17) is 14.2 Å². The third kappa shape index (κ3) is 3.63. The Balaban J connectivity index is 1.87. The average molecular weight is 382 g/mol. The number of aromatic amines is 1. The predicted octanol–water partition coefficient (Wildman–Crippen LogP) is 1.71. The number of hydrogen-bond acceptors (Lipinski definition) is 7. The molecule has 2 aromatic carbocycles. The SMILES string of the molecule is COc1cc(OC)c(OC)cc1/C=N/NC(=O)c1n[nH]c(=O)c2ccccc12. The summed E-state index contributed by atoms with van der Waals surface area (Å²) in [6, 6.07) is 10.0.